The van der Waals surface area contributed by atoms with Crippen molar-refractivity contribution in [1.82, 2.24) is 0 Å². The highest BCUT2D eigenvalue weighted by Gasteiger charge is 2.47. The SMILES string of the molecule is COc1ccc(COC[C@@H](C)[C@@H]2O[C@]3(CC[C@@H](C)[C@H](CO)O3)CC[C@@H]2C)cc1. The first-order valence-electron chi connectivity index (χ1n) is 10.6. The number of aliphatic hydroxyl groups excluding tert-OH is 1. The van der Waals surface area contributed by atoms with Crippen LogP contribution < -0.4 is 4.74 Å². The summed E-state index contributed by atoms with van der Waals surface area (Å²) in [7, 11) is 1.67. The number of aliphatic hydroxyl groups is 1. The maximum absolute atomic E-state index is 9.65. The van der Waals surface area contributed by atoms with E-state index in [-0.39, 0.29) is 24.7 Å². The topological polar surface area (TPSA) is 57.2 Å². The molecule has 5 nitrogen and oxygen atoms in total. The van der Waals surface area contributed by atoms with Crippen molar-refractivity contribution in [2.24, 2.45) is 17.8 Å². The molecule has 2 saturated heterocycles. The molecule has 158 valence electrons. The predicted molar refractivity (Wildman–Crippen MR) is 108 cm³/mol. The molecule has 28 heavy (non-hydrogen) atoms. The lowest BCUT2D eigenvalue weighted by molar-refractivity contribution is -0.341. The van der Waals surface area contributed by atoms with Gasteiger partial charge in [-0.3, -0.25) is 0 Å². The lowest BCUT2D eigenvalue weighted by Crippen LogP contribution is -2.54. The van der Waals surface area contributed by atoms with Crippen molar-refractivity contribution in [3.05, 3.63) is 29.8 Å². The molecular formula is C23H36O5. The van der Waals surface area contributed by atoms with E-state index in [1.807, 2.05) is 24.3 Å². The second-order valence-electron chi connectivity index (χ2n) is 8.70. The number of methoxy groups -OCH3 is 1. The average molecular weight is 393 g/mol. The fourth-order valence-electron chi connectivity index (χ4n) is 4.46. The van der Waals surface area contributed by atoms with Gasteiger partial charge in [0.25, 0.3) is 0 Å². The van der Waals surface area contributed by atoms with E-state index in [1.54, 1.807) is 7.11 Å². The van der Waals surface area contributed by atoms with Gasteiger partial charge in [0.2, 0.25) is 0 Å². The minimum Gasteiger partial charge on any atom is -0.497 e. The highest BCUT2D eigenvalue weighted by molar-refractivity contribution is 5.26. The van der Waals surface area contributed by atoms with Crippen LogP contribution in [0.5, 0.6) is 5.75 Å². The molecule has 1 N–H and O–H groups in total. The minimum atomic E-state index is -0.526. The first-order chi connectivity index (χ1) is 13.5. The van der Waals surface area contributed by atoms with E-state index in [1.165, 1.54) is 0 Å². The van der Waals surface area contributed by atoms with E-state index in [2.05, 4.69) is 20.8 Å². The summed E-state index contributed by atoms with van der Waals surface area (Å²) in [6.07, 6.45) is 3.93. The first kappa shape index (κ1) is 21.6. The molecule has 2 heterocycles. The molecule has 1 spiro atoms. The molecule has 2 aliphatic heterocycles. The molecule has 2 fully saturated rings. The molecule has 0 bridgehead atoms. The van der Waals surface area contributed by atoms with Crippen molar-refractivity contribution in [1.29, 1.82) is 0 Å². The lowest BCUT2D eigenvalue weighted by atomic mass is 9.82. The van der Waals surface area contributed by atoms with Gasteiger partial charge in [-0.2, -0.15) is 0 Å². The van der Waals surface area contributed by atoms with Crippen molar-refractivity contribution in [2.75, 3.05) is 20.3 Å². The van der Waals surface area contributed by atoms with Crippen LogP contribution in [0.3, 0.4) is 0 Å². The zero-order valence-electron chi connectivity index (χ0n) is 17.7. The van der Waals surface area contributed by atoms with E-state index >= 15 is 0 Å². The minimum absolute atomic E-state index is 0.0625. The predicted octanol–water partition coefficient (Wildman–Crippen LogP) is 4.17. The van der Waals surface area contributed by atoms with Gasteiger partial charge < -0.3 is 24.1 Å². The Morgan fingerprint density at radius 1 is 1.11 bits per heavy atom. The Hall–Kier alpha value is -1.14. The molecular weight excluding hydrogens is 356 g/mol. The monoisotopic (exact) mass is 392 g/mol. The summed E-state index contributed by atoms with van der Waals surface area (Å²) in [5.74, 6) is 1.46. The Labute approximate surface area is 169 Å². The van der Waals surface area contributed by atoms with Crippen molar-refractivity contribution >= 4 is 0 Å². The third kappa shape index (κ3) is 5.07. The van der Waals surface area contributed by atoms with Gasteiger partial charge in [-0.15, -0.1) is 0 Å². The standard InChI is InChI=1S/C23H36O5/c1-16-9-11-23(27-21(16)13-24)12-10-17(2)22(28-23)18(3)14-26-15-19-5-7-20(25-4)8-6-19/h5-8,16-18,21-22,24H,9-15H2,1-4H3/t16-,17+,18-,21+,22-,23-/m1/s1. The van der Waals surface area contributed by atoms with Gasteiger partial charge in [0, 0.05) is 18.8 Å². The maximum atomic E-state index is 9.65. The summed E-state index contributed by atoms with van der Waals surface area (Å²) in [6, 6.07) is 7.98. The van der Waals surface area contributed by atoms with Gasteiger partial charge in [-0.05, 0) is 42.4 Å². The third-order valence-corrected chi connectivity index (χ3v) is 6.42. The van der Waals surface area contributed by atoms with Crippen molar-refractivity contribution in [3.63, 3.8) is 0 Å². The maximum Gasteiger partial charge on any atom is 0.169 e. The van der Waals surface area contributed by atoms with E-state index in [9.17, 15) is 5.11 Å². The number of rotatable bonds is 7. The van der Waals surface area contributed by atoms with Crippen molar-refractivity contribution in [3.8, 4) is 5.75 Å². The quantitative estimate of drug-likeness (QED) is 0.755. The van der Waals surface area contributed by atoms with Gasteiger partial charge >= 0.3 is 0 Å². The van der Waals surface area contributed by atoms with Crippen LogP contribution in [0, 0.1) is 17.8 Å². The van der Waals surface area contributed by atoms with Crippen molar-refractivity contribution in [2.45, 2.75) is 71.1 Å². The summed E-state index contributed by atoms with van der Waals surface area (Å²) in [6.45, 7) is 7.90. The van der Waals surface area contributed by atoms with Crippen LogP contribution in [0.4, 0.5) is 0 Å². The average Bonchev–Trinajstić information content (AvgIpc) is 2.72. The molecule has 0 saturated carbocycles. The molecule has 5 heteroatoms. The molecule has 0 aromatic heterocycles. The number of hydrogen-bond acceptors (Lipinski definition) is 5. The molecule has 0 radical (unpaired) electrons. The van der Waals surface area contributed by atoms with Crippen LogP contribution in [0.15, 0.2) is 24.3 Å². The Bertz CT molecular complexity index is 600. The van der Waals surface area contributed by atoms with Gasteiger partial charge in [0.1, 0.15) is 5.75 Å². The smallest absolute Gasteiger partial charge is 0.169 e. The fraction of sp³-hybridized carbons (Fsp3) is 0.739. The van der Waals surface area contributed by atoms with Crippen LogP contribution in [-0.4, -0.2) is 43.4 Å². The molecule has 1 aromatic carbocycles. The summed E-state index contributed by atoms with van der Waals surface area (Å²) in [5.41, 5.74) is 1.14. The van der Waals surface area contributed by atoms with Crippen LogP contribution in [-0.2, 0) is 20.8 Å². The zero-order valence-corrected chi connectivity index (χ0v) is 17.7. The van der Waals surface area contributed by atoms with Crippen LogP contribution in [0.2, 0.25) is 0 Å². The molecule has 6 atom stereocenters. The van der Waals surface area contributed by atoms with Gasteiger partial charge in [0.15, 0.2) is 5.79 Å². The first-order valence-corrected chi connectivity index (χ1v) is 10.6. The molecule has 2 aliphatic rings. The molecule has 1 aromatic rings. The number of benzene rings is 1. The van der Waals surface area contributed by atoms with Crippen LogP contribution in [0.25, 0.3) is 0 Å². The highest BCUT2D eigenvalue weighted by Crippen LogP contribution is 2.44. The number of ether oxygens (including phenoxy) is 4. The third-order valence-electron chi connectivity index (χ3n) is 6.42. The van der Waals surface area contributed by atoms with E-state index in [0.717, 1.165) is 37.0 Å². The van der Waals surface area contributed by atoms with Crippen molar-refractivity contribution < 1.29 is 24.1 Å². The van der Waals surface area contributed by atoms with Crippen LogP contribution >= 0.6 is 0 Å². The van der Waals surface area contributed by atoms with Gasteiger partial charge in [0.05, 0.1) is 39.1 Å². The lowest BCUT2D eigenvalue weighted by Gasteiger charge is -2.50. The number of hydrogen-bond donors (Lipinski definition) is 1. The normalized spacial score (nSPS) is 34.3. The Kier molecular flexibility index (Phi) is 7.37. The molecule has 3 rings (SSSR count). The van der Waals surface area contributed by atoms with Gasteiger partial charge in [-0.1, -0.05) is 32.9 Å². The second kappa shape index (κ2) is 9.57. The summed E-state index contributed by atoms with van der Waals surface area (Å²) < 4.78 is 24.0. The largest absolute Gasteiger partial charge is 0.497 e. The van der Waals surface area contributed by atoms with E-state index in [4.69, 9.17) is 18.9 Å². The molecule has 0 amide bonds. The Morgan fingerprint density at radius 2 is 1.79 bits per heavy atom. The molecule has 0 unspecified atom stereocenters. The molecule has 0 aliphatic carbocycles. The summed E-state index contributed by atoms with van der Waals surface area (Å²) in [4.78, 5) is 0. The highest BCUT2D eigenvalue weighted by atomic mass is 16.7. The van der Waals surface area contributed by atoms with E-state index < -0.39 is 5.79 Å². The zero-order chi connectivity index (χ0) is 20.1. The van der Waals surface area contributed by atoms with Crippen LogP contribution in [0.1, 0.15) is 52.0 Å². The second-order valence-corrected chi connectivity index (χ2v) is 8.70. The summed E-state index contributed by atoms with van der Waals surface area (Å²) in [5, 5.41) is 9.65. The summed E-state index contributed by atoms with van der Waals surface area (Å²) >= 11 is 0. The Balaban J connectivity index is 1.53. The Morgan fingerprint density at radius 3 is 2.43 bits per heavy atom. The van der Waals surface area contributed by atoms with E-state index in [0.29, 0.717) is 25.0 Å². The fourth-order valence-corrected chi connectivity index (χ4v) is 4.46. The van der Waals surface area contributed by atoms with Gasteiger partial charge in [-0.25, -0.2) is 0 Å².